The monoisotopic (exact) mass is 397 g/mol. The zero-order valence-corrected chi connectivity index (χ0v) is 15.1. The minimum Gasteiger partial charge on any atom is -0.452 e. The molecule has 1 N–H and O–H groups in total. The highest BCUT2D eigenvalue weighted by atomic mass is 32.2. The molecule has 27 heavy (non-hydrogen) atoms. The van der Waals surface area contributed by atoms with Crippen molar-refractivity contribution in [3.05, 3.63) is 65.7 Å². The van der Waals surface area contributed by atoms with E-state index in [1.165, 1.54) is 6.07 Å². The minimum atomic E-state index is -4.55. The first-order chi connectivity index (χ1) is 12.9. The van der Waals surface area contributed by atoms with Crippen LogP contribution in [-0.2, 0) is 15.7 Å². The topological polar surface area (TPSA) is 55.4 Å². The summed E-state index contributed by atoms with van der Waals surface area (Å²) in [4.78, 5) is 24.6. The average Bonchev–Trinajstić information content (AvgIpc) is 2.66. The number of esters is 1. The molecule has 0 aliphatic heterocycles. The van der Waals surface area contributed by atoms with Gasteiger partial charge in [0.15, 0.2) is 6.61 Å². The first-order valence-electron chi connectivity index (χ1n) is 8.15. The van der Waals surface area contributed by atoms with Crippen LogP contribution in [0.1, 0.15) is 22.3 Å². The highest BCUT2D eigenvalue weighted by Crippen LogP contribution is 2.29. The Morgan fingerprint density at radius 2 is 1.78 bits per heavy atom. The predicted octanol–water partition coefficient (Wildman–Crippen LogP) is 4.16. The molecule has 2 rings (SSSR count). The molecule has 0 aliphatic carbocycles. The lowest BCUT2D eigenvalue weighted by Gasteiger charge is -2.09. The van der Waals surface area contributed by atoms with Gasteiger partial charge >= 0.3 is 12.1 Å². The predicted molar refractivity (Wildman–Crippen MR) is 96.5 cm³/mol. The summed E-state index contributed by atoms with van der Waals surface area (Å²) in [5, 5.41) is 2.60. The van der Waals surface area contributed by atoms with Crippen LogP contribution in [0.15, 0.2) is 59.5 Å². The van der Waals surface area contributed by atoms with E-state index in [1.807, 2.05) is 30.3 Å². The Morgan fingerprint density at radius 1 is 1.04 bits per heavy atom. The van der Waals surface area contributed by atoms with Crippen LogP contribution in [0.25, 0.3) is 0 Å². The molecular formula is C19H18F3NO3S. The number of amides is 1. The fraction of sp³-hybridized carbons (Fsp3) is 0.263. The van der Waals surface area contributed by atoms with Crippen LogP contribution < -0.4 is 5.32 Å². The van der Waals surface area contributed by atoms with E-state index in [0.717, 1.165) is 29.2 Å². The van der Waals surface area contributed by atoms with Gasteiger partial charge in [-0.25, -0.2) is 4.79 Å². The highest BCUT2D eigenvalue weighted by Gasteiger charge is 2.31. The fourth-order valence-corrected chi connectivity index (χ4v) is 2.97. The number of hydrogen-bond acceptors (Lipinski definition) is 4. The maximum absolute atomic E-state index is 12.6. The maximum atomic E-state index is 12.6. The number of thioether (sulfide) groups is 1. The maximum Gasteiger partial charge on any atom is 0.416 e. The molecule has 0 atom stereocenters. The van der Waals surface area contributed by atoms with Crippen LogP contribution >= 0.6 is 11.8 Å². The summed E-state index contributed by atoms with van der Waals surface area (Å²) in [5.41, 5.74) is -1.20. The molecule has 0 aromatic heterocycles. The van der Waals surface area contributed by atoms with Gasteiger partial charge in [0.2, 0.25) is 0 Å². The third-order valence-electron chi connectivity index (χ3n) is 3.42. The van der Waals surface area contributed by atoms with Crippen molar-refractivity contribution in [2.75, 3.05) is 18.9 Å². The molecule has 4 nitrogen and oxygen atoms in total. The Labute approximate surface area is 159 Å². The van der Waals surface area contributed by atoms with Gasteiger partial charge in [-0.1, -0.05) is 24.3 Å². The van der Waals surface area contributed by atoms with Gasteiger partial charge in [0.25, 0.3) is 5.91 Å². The zero-order chi connectivity index (χ0) is 19.7. The number of halogens is 3. The highest BCUT2D eigenvalue weighted by molar-refractivity contribution is 7.99. The van der Waals surface area contributed by atoms with Gasteiger partial charge in [0.1, 0.15) is 0 Å². The normalized spacial score (nSPS) is 11.1. The Morgan fingerprint density at radius 3 is 2.48 bits per heavy atom. The third kappa shape index (κ3) is 7.34. The fourth-order valence-electron chi connectivity index (χ4n) is 2.09. The van der Waals surface area contributed by atoms with Crippen LogP contribution in [0.4, 0.5) is 13.2 Å². The number of ether oxygens (including phenoxy) is 1. The molecule has 0 fully saturated rings. The Balaban J connectivity index is 1.67. The van der Waals surface area contributed by atoms with Crippen LogP contribution in [0.3, 0.4) is 0 Å². The Hall–Kier alpha value is -2.48. The number of alkyl halides is 3. The van der Waals surface area contributed by atoms with Crippen molar-refractivity contribution in [2.24, 2.45) is 0 Å². The van der Waals surface area contributed by atoms with Crippen LogP contribution in [0.5, 0.6) is 0 Å². The first-order valence-corrected chi connectivity index (χ1v) is 9.14. The number of benzene rings is 2. The van der Waals surface area contributed by atoms with E-state index < -0.39 is 30.2 Å². The second kappa shape index (κ2) is 10.0. The zero-order valence-electron chi connectivity index (χ0n) is 14.3. The van der Waals surface area contributed by atoms with Gasteiger partial charge in [-0.2, -0.15) is 13.2 Å². The van der Waals surface area contributed by atoms with Gasteiger partial charge in [0, 0.05) is 11.4 Å². The lowest BCUT2D eigenvalue weighted by molar-refractivity contribution is -0.137. The van der Waals surface area contributed by atoms with E-state index in [9.17, 15) is 22.8 Å². The van der Waals surface area contributed by atoms with Crippen molar-refractivity contribution in [3.63, 3.8) is 0 Å². The molecule has 1 amide bonds. The number of carbonyl (C=O) groups is 2. The molecule has 8 heteroatoms. The largest absolute Gasteiger partial charge is 0.452 e. The number of carbonyl (C=O) groups excluding carboxylic acids is 2. The van der Waals surface area contributed by atoms with Crippen molar-refractivity contribution in [1.82, 2.24) is 5.32 Å². The molecule has 2 aromatic rings. The summed E-state index contributed by atoms with van der Waals surface area (Å²) in [7, 11) is 0. The van der Waals surface area contributed by atoms with Crippen LogP contribution in [-0.4, -0.2) is 30.8 Å². The van der Waals surface area contributed by atoms with Crippen molar-refractivity contribution in [2.45, 2.75) is 17.5 Å². The average molecular weight is 397 g/mol. The van der Waals surface area contributed by atoms with E-state index in [0.29, 0.717) is 12.6 Å². The van der Waals surface area contributed by atoms with Gasteiger partial charge in [-0.15, -0.1) is 11.8 Å². The van der Waals surface area contributed by atoms with Gasteiger partial charge < -0.3 is 10.1 Å². The minimum absolute atomic E-state index is 0.253. The van der Waals surface area contributed by atoms with Gasteiger partial charge in [-0.05, 0) is 42.5 Å². The Kier molecular flexibility index (Phi) is 7.72. The summed E-state index contributed by atoms with van der Waals surface area (Å²) in [6.07, 6.45) is -3.82. The van der Waals surface area contributed by atoms with E-state index in [2.05, 4.69) is 5.32 Å². The standard InChI is InChI=1S/C19H18F3NO3S/c20-19(21,22)15-7-4-6-14(12-15)18(25)26-13-17(24)23-10-5-11-27-16-8-2-1-3-9-16/h1-4,6-9,12H,5,10-11,13H2,(H,23,24). The molecule has 0 spiro atoms. The molecule has 0 bridgehead atoms. The molecular weight excluding hydrogens is 379 g/mol. The SMILES string of the molecule is O=C(COC(=O)c1cccc(C(F)(F)F)c1)NCCCSc1ccccc1. The summed E-state index contributed by atoms with van der Waals surface area (Å²) in [6.45, 7) is -0.124. The molecule has 0 saturated carbocycles. The van der Waals surface area contributed by atoms with E-state index >= 15 is 0 Å². The van der Waals surface area contributed by atoms with Crippen molar-refractivity contribution in [1.29, 1.82) is 0 Å². The summed E-state index contributed by atoms with van der Waals surface area (Å²) in [5.74, 6) is -0.662. The smallest absolute Gasteiger partial charge is 0.416 e. The molecule has 144 valence electrons. The number of nitrogens with one attached hydrogen (secondary N) is 1. The van der Waals surface area contributed by atoms with E-state index in [-0.39, 0.29) is 5.56 Å². The Bertz CT molecular complexity index is 766. The molecule has 0 aliphatic rings. The molecule has 0 heterocycles. The molecule has 0 saturated heterocycles. The number of rotatable bonds is 8. The lowest BCUT2D eigenvalue weighted by Crippen LogP contribution is -2.29. The molecule has 0 unspecified atom stereocenters. The number of hydrogen-bond donors (Lipinski definition) is 1. The van der Waals surface area contributed by atoms with Crippen LogP contribution in [0.2, 0.25) is 0 Å². The van der Waals surface area contributed by atoms with E-state index in [1.54, 1.807) is 11.8 Å². The second-order valence-corrected chi connectivity index (χ2v) is 6.69. The van der Waals surface area contributed by atoms with Crippen molar-refractivity contribution in [3.8, 4) is 0 Å². The summed E-state index contributed by atoms with van der Waals surface area (Å²) < 4.78 is 42.7. The van der Waals surface area contributed by atoms with E-state index in [4.69, 9.17) is 4.74 Å². The van der Waals surface area contributed by atoms with Crippen molar-refractivity contribution >= 4 is 23.6 Å². The molecule has 0 radical (unpaired) electrons. The molecule has 2 aromatic carbocycles. The lowest BCUT2D eigenvalue weighted by atomic mass is 10.1. The third-order valence-corrected chi connectivity index (χ3v) is 4.51. The van der Waals surface area contributed by atoms with Gasteiger partial charge in [-0.3, -0.25) is 4.79 Å². The quantitative estimate of drug-likeness (QED) is 0.413. The summed E-state index contributed by atoms with van der Waals surface area (Å²) >= 11 is 1.66. The second-order valence-electron chi connectivity index (χ2n) is 5.52. The summed E-state index contributed by atoms with van der Waals surface area (Å²) in [6, 6.07) is 13.7. The first kappa shape index (κ1) is 20.8. The van der Waals surface area contributed by atoms with Crippen molar-refractivity contribution < 1.29 is 27.5 Å². The van der Waals surface area contributed by atoms with Crippen LogP contribution in [0, 0.1) is 0 Å². The van der Waals surface area contributed by atoms with Gasteiger partial charge in [0.05, 0.1) is 11.1 Å².